The van der Waals surface area contributed by atoms with E-state index >= 15 is 0 Å². The van der Waals surface area contributed by atoms with E-state index < -0.39 is 0 Å². The number of aliphatic imine (C=N–C) groups is 1. The van der Waals surface area contributed by atoms with E-state index in [0.717, 1.165) is 76.6 Å². The van der Waals surface area contributed by atoms with Crippen LogP contribution in [-0.4, -0.2) is 77.6 Å². The van der Waals surface area contributed by atoms with Crippen LogP contribution >= 0.6 is 24.0 Å². The lowest BCUT2D eigenvalue weighted by molar-refractivity contribution is 0.0220. The monoisotopic (exact) mass is 533 g/mol. The Kier molecular flexibility index (Phi) is 12.0. The van der Waals surface area contributed by atoms with E-state index in [2.05, 4.69) is 44.1 Å². The number of rotatable bonds is 9. The van der Waals surface area contributed by atoms with Gasteiger partial charge in [0, 0.05) is 45.2 Å². The first-order valence-electron chi connectivity index (χ1n) is 11.5. The summed E-state index contributed by atoms with van der Waals surface area (Å²) in [4.78, 5) is 7.38. The van der Waals surface area contributed by atoms with Gasteiger partial charge in [0.1, 0.15) is 12.2 Å². The molecule has 0 radical (unpaired) electrons. The number of halogens is 1. The third-order valence-corrected chi connectivity index (χ3v) is 6.12. The molecular formula is C21H40IN7O. The molecule has 9 heteroatoms. The number of morpholine rings is 1. The highest BCUT2D eigenvalue weighted by atomic mass is 127. The molecule has 1 aliphatic carbocycles. The van der Waals surface area contributed by atoms with E-state index in [1.54, 1.807) is 0 Å². The molecule has 3 rings (SSSR count). The summed E-state index contributed by atoms with van der Waals surface area (Å²) in [7, 11) is 0. The smallest absolute Gasteiger partial charge is 0.191 e. The zero-order valence-corrected chi connectivity index (χ0v) is 21.0. The van der Waals surface area contributed by atoms with E-state index in [4.69, 9.17) is 9.73 Å². The Bertz CT molecular complexity index is 612. The molecule has 2 heterocycles. The Balaban J connectivity index is 0.00000320. The first-order chi connectivity index (χ1) is 14.3. The molecule has 1 saturated heterocycles. The van der Waals surface area contributed by atoms with Gasteiger partial charge < -0.3 is 19.9 Å². The number of hydrogen-bond acceptors (Lipinski definition) is 5. The summed E-state index contributed by atoms with van der Waals surface area (Å²) >= 11 is 0. The van der Waals surface area contributed by atoms with Crippen LogP contribution in [0.5, 0.6) is 0 Å². The van der Waals surface area contributed by atoms with Gasteiger partial charge in [-0.3, -0.25) is 9.89 Å². The fourth-order valence-corrected chi connectivity index (χ4v) is 4.20. The highest BCUT2D eigenvalue weighted by Crippen LogP contribution is 2.22. The zero-order chi connectivity index (χ0) is 20.3. The average Bonchev–Trinajstić information content (AvgIpc) is 3.24. The van der Waals surface area contributed by atoms with Gasteiger partial charge >= 0.3 is 0 Å². The molecule has 1 saturated carbocycles. The van der Waals surface area contributed by atoms with Gasteiger partial charge in [0.2, 0.25) is 0 Å². The summed E-state index contributed by atoms with van der Waals surface area (Å²) in [5.41, 5.74) is 0. The van der Waals surface area contributed by atoms with Crippen molar-refractivity contribution in [3.8, 4) is 0 Å². The molecule has 0 spiro atoms. The van der Waals surface area contributed by atoms with Crippen LogP contribution in [0.15, 0.2) is 11.3 Å². The first-order valence-corrected chi connectivity index (χ1v) is 11.5. The largest absolute Gasteiger partial charge is 0.379 e. The van der Waals surface area contributed by atoms with Crippen molar-refractivity contribution in [2.75, 3.05) is 45.9 Å². The van der Waals surface area contributed by atoms with Crippen molar-refractivity contribution in [3.05, 3.63) is 12.2 Å². The molecule has 0 amide bonds. The number of hydrogen-bond donors (Lipinski definition) is 2. The summed E-state index contributed by atoms with van der Waals surface area (Å²) in [6.07, 6.45) is 9.52. The van der Waals surface area contributed by atoms with E-state index in [0.29, 0.717) is 6.04 Å². The molecule has 2 N–H and O–H groups in total. The van der Waals surface area contributed by atoms with E-state index in [9.17, 15) is 0 Å². The molecular weight excluding hydrogens is 493 g/mol. The third-order valence-electron chi connectivity index (χ3n) is 6.12. The number of guanidine groups is 1. The Morgan fingerprint density at radius 3 is 2.73 bits per heavy atom. The number of nitrogens with one attached hydrogen (secondary N) is 2. The SMILES string of the molecule is CCc1nncn1CCNC(=NCC(C)N1CCOCC1)NCC1CCCCC1.I. The Labute approximate surface area is 198 Å². The van der Waals surface area contributed by atoms with Crippen molar-refractivity contribution in [2.24, 2.45) is 10.9 Å². The summed E-state index contributed by atoms with van der Waals surface area (Å²) in [6.45, 7) is 11.5. The second-order valence-corrected chi connectivity index (χ2v) is 8.29. The lowest BCUT2D eigenvalue weighted by Crippen LogP contribution is -2.45. The van der Waals surface area contributed by atoms with Gasteiger partial charge in [0.15, 0.2) is 5.96 Å². The minimum Gasteiger partial charge on any atom is -0.379 e. The van der Waals surface area contributed by atoms with Gasteiger partial charge in [0.05, 0.1) is 19.8 Å². The van der Waals surface area contributed by atoms with Crippen molar-refractivity contribution in [2.45, 2.75) is 65.0 Å². The predicted molar refractivity (Wildman–Crippen MR) is 132 cm³/mol. The third kappa shape index (κ3) is 8.30. The van der Waals surface area contributed by atoms with E-state index in [1.165, 1.54) is 32.1 Å². The lowest BCUT2D eigenvalue weighted by Gasteiger charge is -2.31. The molecule has 172 valence electrons. The predicted octanol–water partition coefficient (Wildman–Crippen LogP) is 2.29. The van der Waals surface area contributed by atoms with Crippen LogP contribution in [0.25, 0.3) is 0 Å². The van der Waals surface area contributed by atoms with Crippen LogP contribution in [-0.2, 0) is 17.7 Å². The molecule has 1 aliphatic heterocycles. The van der Waals surface area contributed by atoms with Gasteiger partial charge in [-0.15, -0.1) is 34.2 Å². The van der Waals surface area contributed by atoms with Crippen LogP contribution in [0, 0.1) is 5.92 Å². The van der Waals surface area contributed by atoms with Crippen LogP contribution in [0.2, 0.25) is 0 Å². The molecule has 2 fully saturated rings. The number of nitrogens with zero attached hydrogens (tertiary/aromatic N) is 5. The highest BCUT2D eigenvalue weighted by Gasteiger charge is 2.17. The minimum absolute atomic E-state index is 0. The first kappa shape index (κ1) is 25.3. The molecule has 1 atom stereocenters. The molecule has 1 aromatic rings. The summed E-state index contributed by atoms with van der Waals surface area (Å²) in [6, 6.07) is 0.428. The summed E-state index contributed by atoms with van der Waals surface area (Å²) in [5, 5.41) is 15.3. The molecule has 1 aromatic heterocycles. The minimum atomic E-state index is 0. The van der Waals surface area contributed by atoms with Gasteiger partial charge in [-0.05, 0) is 25.7 Å². The quantitative estimate of drug-likeness (QED) is 0.288. The normalized spacial score (nSPS) is 19.9. The highest BCUT2D eigenvalue weighted by molar-refractivity contribution is 14.0. The summed E-state index contributed by atoms with van der Waals surface area (Å²) < 4.78 is 7.59. The lowest BCUT2D eigenvalue weighted by atomic mass is 9.89. The second-order valence-electron chi connectivity index (χ2n) is 8.29. The molecule has 0 aromatic carbocycles. The van der Waals surface area contributed by atoms with Gasteiger partial charge in [-0.25, -0.2) is 0 Å². The molecule has 2 aliphatic rings. The van der Waals surface area contributed by atoms with Crippen LogP contribution < -0.4 is 10.6 Å². The van der Waals surface area contributed by atoms with Crippen molar-refractivity contribution >= 4 is 29.9 Å². The maximum Gasteiger partial charge on any atom is 0.191 e. The van der Waals surface area contributed by atoms with Gasteiger partial charge in [-0.2, -0.15) is 0 Å². The maximum atomic E-state index is 5.47. The van der Waals surface area contributed by atoms with Crippen molar-refractivity contribution in [3.63, 3.8) is 0 Å². The fraction of sp³-hybridized carbons (Fsp3) is 0.857. The standard InChI is InChI=1S/C21H39N7O.HI/c1-3-20-26-25-17-28(20)10-9-22-21(24-16-19-7-5-4-6-8-19)23-15-18(2)27-11-13-29-14-12-27;/h17-19H,3-16H2,1-2H3,(H2,22,23,24);1H. The number of aryl methyl sites for hydroxylation is 1. The van der Waals surface area contributed by atoms with Crippen molar-refractivity contribution < 1.29 is 4.74 Å². The van der Waals surface area contributed by atoms with Gasteiger partial charge in [-0.1, -0.05) is 26.2 Å². The summed E-state index contributed by atoms with van der Waals surface area (Å²) in [5.74, 6) is 2.74. The van der Waals surface area contributed by atoms with Crippen molar-refractivity contribution in [1.29, 1.82) is 0 Å². The molecule has 1 unspecified atom stereocenters. The van der Waals surface area contributed by atoms with Gasteiger partial charge in [0.25, 0.3) is 0 Å². The Morgan fingerprint density at radius 2 is 2.00 bits per heavy atom. The average molecular weight is 534 g/mol. The maximum absolute atomic E-state index is 5.47. The van der Waals surface area contributed by atoms with E-state index in [-0.39, 0.29) is 24.0 Å². The van der Waals surface area contributed by atoms with Crippen LogP contribution in [0.4, 0.5) is 0 Å². The van der Waals surface area contributed by atoms with E-state index in [1.807, 2.05) is 6.33 Å². The molecule has 8 nitrogen and oxygen atoms in total. The second kappa shape index (κ2) is 14.2. The zero-order valence-electron chi connectivity index (χ0n) is 18.7. The number of aromatic nitrogens is 3. The topological polar surface area (TPSA) is 79.6 Å². The van der Waals surface area contributed by atoms with Crippen LogP contribution in [0.3, 0.4) is 0 Å². The number of ether oxygens (including phenoxy) is 1. The Morgan fingerprint density at radius 1 is 1.23 bits per heavy atom. The van der Waals surface area contributed by atoms with Crippen molar-refractivity contribution in [1.82, 2.24) is 30.3 Å². The Hall–Kier alpha value is -0.940. The van der Waals surface area contributed by atoms with Crippen LogP contribution in [0.1, 0.15) is 51.8 Å². The molecule has 0 bridgehead atoms. The fourth-order valence-electron chi connectivity index (χ4n) is 4.20. The molecule has 30 heavy (non-hydrogen) atoms.